The Kier molecular flexibility index (Phi) is 4.37. The quantitative estimate of drug-likeness (QED) is 0.830. The molecule has 2 rings (SSSR count). The molecule has 0 saturated heterocycles. The van der Waals surface area contributed by atoms with Crippen LogP contribution < -0.4 is 5.32 Å². The third kappa shape index (κ3) is 2.91. The molecule has 1 aliphatic heterocycles. The molecule has 1 aliphatic rings. The van der Waals surface area contributed by atoms with E-state index in [1.54, 1.807) is 0 Å². The molecule has 1 aromatic carbocycles. The minimum absolute atomic E-state index is 0.100. The van der Waals surface area contributed by atoms with Crippen LogP contribution in [0.2, 0.25) is 0 Å². The van der Waals surface area contributed by atoms with Gasteiger partial charge < -0.3 is 10.1 Å². The number of fused-ring (bicyclic) bond motifs is 1. The summed E-state index contributed by atoms with van der Waals surface area (Å²) in [5, 5.41) is 3.38. The second-order valence-electron chi connectivity index (χ2n) is 4.82. The fourth-order valence-corrected chi connectivity index (χ4v) is 2.60. The zero-order valence-electron chi connectivity index (χ0n) is 11.2. The van der Waals surface area contributed by atoms with Crippen molar-refractivity contribution in [2.45, 2.75) is 39.2 Å². The molecular weight excluding hydrogens is 226 g/mol. The van der Waals surface area contributed by atoms with Crippen molar-refractivity contribution in [2.75, 3.05) is 13.2 Å². The highest BCUT2D eigenvalue weighted by molar-refractivity contribution is 5.70. The van der Waals surface area contributed by atoms with E-state index in [1.807, 2.05) is 6.92 Å². The predicted molar refractivity (Wildman–Crippen MR) is 71.5 cm³/mol. The number of esters is 1. The highest BCUT2D eigenvalue weighted by atomic mass is 16.5. The SMILES string of the molecule is CCOC(=O)C[C@@H](C)c1cccc2c1CCNC2. The van der Waals surface area contributed by atoms with Gasteiger partial charge in [-0.1, -0.05) is 25.1 Å². The molecule has 3 heteroatoms. The lowest BCUT2D eigenvalue weighted by Gasteiger charge is -2.23. The Morgan fingerprint density at radius 1 is 1.50 bits per heavy atom. The van der Waals surface area contributed by atoms with Gasteiger partial charge in [0.25, 0.3) is 0 Å². The molecule has 0 fully saturated rings. The smallest absolute Gasteiger partial charge is 0.306 e. The van der Waals surface area contributed by atoms with Gasteiger partial charge in [-0.25, -0.2) is 0 Å². The monoisotopic (exact) mass is 247 g/mol. The van der Waals surface area contributed by atoms with Crippen LogP contribution in [0.1, 0.15) is 42.9 Å². The number of hydrogen-bond donors (Lipinski definition) is 1. The van der Waals surface area contributed by atoms with Crippen LogP contribution >= 0.6 is 0 Å². The molecule has 0 aliphatic carbocycles. The minimum atomic E-state index is -0.100. The first-order chi connectivity index (χ1) is 8.72. The molecule has 98 valence electrons. The fraction of sp³-hybridized carbons (Fsp3) is 0.533. The standard InChI is InChI=1S/C15H21NO2/c1-3-18-15(17)9-11(2)13-6-4-5-12-10-16-8-7-14(12)13/h4-6,11,16H,3,7-10H2,1-2H3/t11-/m1/s1. The first kappa shape index (κ1) is 13.1. The molecular formula is C15H21NO2. The van der Waals surface area contributed by atoms with Crippen LogP contribution in [-0.4, -0.2) is 19.1 Å². The number of rotatable bonds is 4. The highest BCUT2D eigenvalue weighted by Crippen LogP contribution is 2.27. The second kappa shape index (κ2) is 6.01. The maximum absolute atomic E-state index is 11.6. The summed E-state index contributed by atoms with van der Waals surface area (Å²) in [6.07, 6.45) is 1.52. The summed E-state index contributed by atoms with van der Waals surface area (Å²) < 4.78 is 5.03. The van der Waals surface area contributed by atoms with Crippen molar-refractivity contribution in [1.82, 2.24) is 5.32 Å². The van der Waals surface area contributed by atoms with Gasteiger partial charge in [0.15, 0.2) is 0 Å². The predicted octanol–water partition coefficient (Wildman–Crippen LogP) is 2.39. The summed E-state index contributed by atoms with van der Waals surface area (Å²) in [5.74, 6) is 0.133. The average Bonchev–Trinajstić information content (AvgIpc) is 2.38. The summed E-state index contributed by atoms with van der Waals surface area (Å²) in [7, 11) is 0. The van der Waals surface area contributed by atoms with Crippen molar-refractivity contribution < 1.29 is 9.53 Å². The van der Waals surface area contributed by atoms with E-state index in [1.165, 1.54) is 16.7 Å². The molecule has 1 aromatic rings. The third-order valence-corrected chi connectivity index (χ3v) is 3.49. The Hall–Kier alpha value is -1.35. The van der Waals surface area contributed by atoms with Crippen LogP contribution in [0.4, 0.5) is 0 Å². The maximum atomic E-state index is 11.6. The van der Waals surface area contributed by atoms with Crippen molar-refractivity contribution >= 4 is 5.97 Å². The van der Waals surface area contributed by atoms with Crippen LogP contribution in [0, 0.1) is 0 Å². The molecule has 0 radical (unpaired) electrons. The summed E-state index contributed by atoms with van der Waals surface area (Å²) >= 11 is 0. The number of hydrogen-bond acceptors (Lipinski definition) is 3. The molecule has 0 unspecified atom stereocenters. The highest BCUT2D eigenvalue weighted by Gasteiger charge is 2.18. The van der Waals surface area contributed by atoms with Crippen molar-refractivity contribution in [3.8, 4) is 0 Å². The van der Waals surface area contributed by atoms with Gasteiger partial charge in [0.2, 0.25) is 0 Å². The van der Waals surface area contributed by atoms with Crippen LogP contribution in [-0.2, 0) is 22.5 Å². The van der Waals surface area contributed by atoms with Gasteiger partial charge in [-0.05, 0) is 42.5 Å². The zero-order chi connectivity index (χ0) is 13.0. The first-order valence-corrected chi connectivity index (χ1v) is 6.69. The molecule has 0 bridgehead atoms. The molecule has 1 heterocycles. The Morgan fingerprint density at radius 3 is 3.11 bits per heavy atom. The van der Waals surface area contributed by atoms with Crippen LogP contribution in [0.3, 0.4) is 0 Å². The van der Waals surface area contributed by atoms with Gasteiger partial charge in [-0.15, -0.1) is 0 Å². The molecule has 0 aromatic heterocycles. The van der Waals surface area contributed by atoms with E-state index in [-0.39, 0.29) is 11.9 Å². The second-order valence-corrected chi connectivity index (χ2v) is 4.82. The summed E-state index contributed by atoms with van der Waals surface area (Å²) in [6, 6.07) is 6.40. The molecule has 0 spiro atoms. The summed E-state index contributed by atoms with van der Waals surface area (Å²) in [5.41, 5.74) is 4.10. The third-order valence-electron chi connectivity index (χ3n) is 3.49. The number of carbonyl (C=O) groups excluding carboxylic acids is 1. The minimum Gasteiger partial charge on any atom is -0.466 e. The van der Waals surface area contributed by atoms with Crippen molar-refractivity contribution in [2.24, 2.45) is 0 Å². The largest absolute Gasteiger partial charge is 0.466 e. The van der Waals surface area contributed by atoms with E-state index < -0.39 is 0 Å². The summed E-state index contributed by atoms with van der Waals surface area (Å²) in [4.78, 5) is 11.6. The Balaban J connectivity index is 2.15. The molecule has 18 heavy (non-hydrogen) atoms. The first-order valence-electron chi connectivity index (χ1n) is 6.69. The topological polar surface area (TPSA) is 38.3 Å². The van der Waals surface area contributed by atoms with Crippen LogP contribution in [0.5, 0.6) is 0 Å². The van der Waals surface area contributed by atoms with Gasteiger partial charge in [0.1, 0.15) is 0 Å². The molecule has 0 amide bonds. The van der Waals surface area contributed by atoms with E-state index >= 15 is 0 Å². The van der Waals surface area contributed by atoms with Gasteiger partial charge in [0, 0.05) is 6.54 Å². The Bertz CT molecular complexity index is 429. The Morgan fingerprint density at radius 2 is 2.33 bits per heavy atom. The van der Waals surface area contributed by atoms with Crippen LogP contribution in [0.15, 0.2) is 18.2 Å². The fourth-order valence-electron chi connectivity index (χ4n) is 2.60. The average molecular weight is 247 g/mol. The molecule has 3 nitrogen and oxygen atoms in total. The van der Waals surface area contributed by atoms with Crippen LogP contribution in [0.25, 0.3) is 0 Å². The Labute approximate surface area is 109 Å². The van der Waals surface area contributed by atoms with Gasteiger partial charge in [-0.2, -0.15) is 0 Å². The van der Waals surface area contributed by atoms with E-state index in [0.29, 0.717) is 13.0 Å². The summed E-state index contributed by atoms with van der Waals surface area (Å²) in [6.45, 7) is 6.38. The maximum Gasteiger partial charge on any atom is 0.306 e. The number of nitrogens with one attached hydrogen (secondary N) is 1. The number of carbonyl (C=O) groups is 1. The molecule has 1 N–H and O–H groups in total. The number of ether oxygens (including phenoxy) is 1. The van der Waals surface area contributed by atoms with Gasteiger partial charge in [0.05, 0.1) is 13.0 Å². The van der Waals surface area contributed by atoms with Crippen molar-refractivity contribution in [3.63, 3.8) is 0 Å². The van der Waals surface area contributed by atoms with E-state index in [9.17, 15) is 4.79 Å². The van der Waals surface area contributed by atoms with Crippen molar-refractivity contribution in [3.05, 3.63) is 34.9 Å². The number of benzene rings is 1. The molecule has 1 atom stereocenters. The normalized spacial score (nSPS) is 15.9. The van der Waals surface area contributed by atoms with Gasteiger partial charge >= 0.3 is 5.97 Å². The molecule has 0 saturated carbocycles. The lowest BCUT2D eigenvalue weighted by atomic mass is 9.87. The van der Waals surface area contributed by atoms with E-state index in [2.05, 4.69) is 30.4 Å². The van der Waals surface area contributed by atoms with Gasteiger partial charge in [-0.3, -0.25) is 4.79 Å². The van der Waals surface area contributed by atoms with Crippen molar-refractivity contribution in [1.29, 1.82) is 0 Å². The van der Waals surface area contributed by atoms with E-state index in [4.69, 9.17) is 4.74 Å². The lowest BCUT2D eigenvalue weighted by Crippen LogP contribution is -2.25. The zero-order valence-corrected chi connectivity index (χ0v) is 11.2. The lowest BCUT2D eigenvalue weighted by molar-refractivity contribution is -0.143. The van der Waals surface area contributed by atoms with E-state index in [0.717, 1.165) is 19.5 Å².